The van der Waals surface area contributed by atoms with E-state index in [2.05, 4.69) is 17.2 Å². The van der Waals surface area contributed by atoms with Crippen molar-refractivity contribution < 1.29 is 19.8 Å². The van der Waals surface area contributed by atoms with Crippen molar-refractivity contribution in [2.75, 3.05) is 0 Å². The Morgan fingerprint density at radius 1 is 1.03 bits per heavy atom. The Morgan fingerprint density at radius 2 is 1.69 bits per heavy atom. The van der Waals surface area contributed by atoms with Gasteiger partial charge in [0, 0.05) is 11.1 Å². The predicted octanol–water partition coefficient (Wildman–Crippen LogP) is 1.82. The van der Waals surface area contributed by atoms with Gasteiger partial charge in [0.2, 0.25) is 0 Å². The van der Waals surface area contributed by atoms with Crippen LogP contribution < -0.4 is 10.4 Å². The molecule has 1 fully saturated rings. The van der Waals surface area contributed by atoms with Crippen LogP contribution >= 0.6 is 0 Å². The number of carbonyl (C=O) groups is 2. The summed E-state index contributed by atoms with van der Waals surface area (Å²) < 4.78 is 0. The summed E-state index contributed by atoms with van der Waals surface area (Å²) in [6.07, 6.45) is 4.61. The van der Waals surface area contributed by atoms with Crippen molar-refractivity contribution in [1.82, 2.24) is 5.32 Å². The Morgan fingerprint density at radius 3 is 2.31 bits per heavy atom. The maximum absolute atomic E-state index is 12.4. The number of benzene rings is 2. The first-order valence-electron chi connectivity index (χ1n) is 9.86. The van der Waals surface area contributed by atoms with Crippen LogP contribution in [0, 0.1) is 11.8 Å². The van der Waals surface area contributed by atoms with Gasteiger partial charge in [-0.1, -0.05) is 48.6 Å². The molecule has 0 aromatic heterocycles. The number of aliphatic hydroxyl groups is 1. The second-order valence-electron chi connectivity index (χ2n) is 7.45. The summed E-state index contributed by atoms with van der Waals surface area (Å²) in [4.78, 5) is 23.9. The number of nitrogens with one attached hydrogen (secondary N) is 1. The third-order valence-corrected chi connectivity index (χ3v) is 5.14. The van der Waals surface area contributed by atoms with Crippen molar-refractivity contribution in [2.24, 2.45) is 0 Å². The smallest absolute Gasteiger partial charge is 0.251 e. The molecule has 2 aromatic rings. The molecule has 2 N–H and O–H groups in total. The molecular formula is C24H24NO4-. The Balaban J connectivity index is 1.64. The molecule has 0 unspecified atom stereocenters. The number of carbonyl (C=O) groups excluding carboxylic acids is 2. The third kappa shape index (κ3) is 5.94. The van der Waals surface area contributed by atoms with Crippen molar-refractivity contribution in [3.63, 3.8) is 0 Å². The molecule has 0 saturated heterocycles. The Kier molecular flexibility index (Phi) is 6.69. The van der Waals surface area contributed by atoms with Crippen LogP contribution in [-0.2, 0) is 11.2 Å². The molecule has 1 saturated carbocycles. The zero-order chi connectivity index (χ0) is 20.7. The molecule has 0 spiro atoms. The molecule has 0 aliphatic heterocycles. The molecule has 1 atom stereocenters. The number of hydrogen-bond acceptors (Lipinski definition) is 4. The van der Waals surface area contributed by atoms with E-state index in [1.54, 1.807) is 36.4 Å². The van der Waals surface area contributed by atoms with E-state index >= 15 is 0 Å². The fourth-order valence-electron chi connectivity index (χ4n) is 3.44. The number of aliphatic carboxylic acids is 1. The Hall–Kier alpha value is -3.10. The van der Waals surface area contributed by atoms with Crippen LogP contribution in [0.4, 0.5) is 0 Å². The summed E-state index contributed by atoms with van der Waals surface area (Å²) >= 11 is 0. The number of carboxylic acid groups (broad SMARTS) is 1. The Labute approximate surface area is 170 Å². The fraction of sp³-hybridized carbons (Fsp3) is 0.333. The van der Waals surface area contributed by atoms with Gasteiger partial charge in [0.1, 0.15) is 5.60 Å². The molecular weight excluding hydrogens is 366 g/mol. The van der Waals surface area contributed by atoms with Gasteiger partial charge in [0.05, 0.1) is 12.0 Å². The minimum atomic E-state index is -1.33. The molecule has 2 aromatic carbocycles. The van der Waals surface area contributed by atoms with E-state index in [1.807, 2.05) is 18.2 Å². The molecule has 1 aliphatic rings. The molecule has 29 heavy (non-hydrogen) atoms. The molecule has 1 amide bonds. The van der Waals surface area contributed by atoms with Gasteiger partial charge in [-0.05, 0) is 61.9 Å². The normalized spacial score (nSPS) is 16.2. The van der Waals surface area contributed by atoms with Crippen LogP contribution in [0.25, 0.3) is 0 Å². The lowest BCUT2D eigenvalue weighted by molar-refractivity contribution is -0.308. The van der Waals surface area contributed by atoms with Gasteiger partial charge in [-0.3, -0.25) is 4.79 Å². The SMILES string of the molecule is O=C(N[C@H](Cc1ccccc1)C(=O)[O-])c1ccc(C#CC2(O)CCCCC2)cc1. The molecule has 150 valence electrons. The molecule has 0 radical (unpaired) electrons. The van der Waals surface area contributed by atoms with E-state index in [1.165, 1.54) is 0 Å². The number of amides is 1. The highest BCUT2D eigenvalue weighted by atomic mass is 16.4. The van der Waals surface area contributed by atoms with Crippen molar-refractivity contribution in [2.45, 2.75) is 50.2 Å². The Bertz CT molecular complexity index is 903. The van der Waals surface area contributed by atoms with Crippen LogP contribution in [0.3, 0.4) is 0 Å². The van der Waals surface area contributed by atoms with Gasteiger partial charge >= 0.3 is 0 Å². The van der Waals surface area contributed by atoms with Gasteiger partial charge < -0.3 is 20.3 Å². The molecule has 3 rings (SSSR count). The summed E-state index contributed by atoms with van der Waals surface area (Å²) in [7, 11) is 0. The van der Waals surface area contributed by atoms with Crippen molar-refractivity contribution in [1.29, 1.82) is 0 Å². The molecule has 0 bridgehead atoms. The third-order valence-electron chi connectivity index (χ3n) is 5.14. The topological polar surface area (TPSA) is 89.5 Å². The van der Waals surface area contributed by atoms with Gasteiger partial charge in [0.25, 0.3) is 5.91 Å². The summed E-state index contributed by atoms with van der Waals surface area (Å²) in [6.45, 7) is 0. The standard InChI is InChI=1S/C24H25NO4/c26-22(25-21(23(27)28)17-19-7-3-1-4-8-19)20-11-9-18(10-12-20)13-16-24(29)14-5-2-6-15-24/h1,3-4,7-12,21,29H,2,5-6,14-15,17H2,(H,25,26)(H,27,28)/p-1/t21-/m1/s1. The largest absolute Gasteiger partial charge is 0.548 e. The van der Waals surface area contributed by atoms with Crippen molar-refractivity contribution >= 4 is 11.9 Å². The number of carboxylic acids is 1. The summed E-state index contributed by atoms with van der Waals surface area (Å²) in [6, 6.07) is 14.5. The predicted molar refractivity (Wildman–Crippen MR) is 108 cm³/mol. The second-order valence-corrected chi connectivity index (χ2v) is 7.45. The van der Waals surface area contributed by atoms with E-state index in [4.69, 9.17) is 0 Å². The summed E-state index contributed by atoms with van der Waals surface area (Å²) in [5, 5.41) is 24.4. The van der Waals surface area contributed by atoms with Gasteiger partial charge in [-0.2, -0.15) is 0 Å². The number of rotatable bonds is 5. The maximum Gasteiger partial charge on any atom is 0.251 e. The molecule has 0 heterocycles. The maximum atomic E-state index is 12.4. The van der Waals surface area contributed by atoms with Gasteiger partial charge in [0.15, 0.2) is 0 Å². The second kappa shape index (κ2) is 9.40. The van der Waals surface area contributed by atoms with Crippen LogP contribution in [0.15, 0.2) is 54.6 Å². The molecule has 5 nitrogen and oxygen atoms in total. The summed E-state index contributed by atoms with van der Waals surface area (Å²) in [5.41, 5.74) is 0.911. The first-order chi connectivity index (χ1) is 14.0. The zero-order valence-electron chi connectivity index (χ0n) is 16.2. The first-order valence-corrected chi connectivity index (χ1v) is 9.86. The van der Waals surface area contributed by atoms with Gasteiger partial charge in [-0.25, -0.2) is 0 Å². The van der Waals surface area contributed by atoms with Crippen LogP contribution in [0.2, 0.25) is 0 Å². The van der Waals surface area contributed by atoms with Crippen molar-refractivity contribution in [3.05, 3.63) is 71.3 Å². The highest BCUT2D eigenvalue weighted by molar-refractivity contribution is 5.96. The van der Waals surface area contributed by atoms with Crippen LogP contribution in [0.1, 0.15) is 53.6 Å². The fourth-order valence-corrected chi connectivity index (χ4v) is 3.44. The van der Waals surface area contributed by atoms with Crippen LogP contribution in [0.5, 0.6) is 0 Å². The molecule has 1 aliphatic carbocycles. The summed E-state index contributed by atoms with van der Waals surface area (Å²) in [5.74, 6) is 4.12. The van der Waals surface area contributed by atoms with E-state index in [0.717, 1.165) is 24.8 Å². The van der Waals surface area contributed by atoms with Crippen molar-refractivity contribution in [3.8, 4) is 11.8 Å². The van der Waals surface area contributed by atoms with Crippen LogP contribution in [-0.4, -0.2) is 28.6 Å². The monoisotopic (exact) mass is 390 g/mol. The van der Waals surface area contributed by atoms with E-state index in [-0.39, 0.29) is 6.42 Å². The average molecular weight is 390 g/mol. The molecule has 5 heteroatoms. The van der Waals surface area contributed by atoms with E-state index < -0.39 is 23.5 Å². The minimum Gasteiger partial charge on any atom is -0.548 e. The first kappa shape index (κ1) is 20.6. The average Bonchev–Trinajstić information content (AvgIpc) is 2.73. The lowest BCUT2D eigenvalue weighted by atomic mass is 9.85. The highest BCUT2D eigenvalue weighted by Gasteiger charge is 2.26. The van der Waals surface area contributed by atoms with Gasteiger partial charge in [-0.15, -0.1) is 0 Å². The highest BCUT2D eigenvalue weighted by Crippen LogP contribution is 2.27. The lowest BCUT2D eigenvalue weighted by Gasteiger charge is -2.26. The lowest BCUT2D eigenvalue weighted by Crippen LogP contribution is -2.49. The van der Waals surface area contributed by atoms with E-state index in [0.29, 0.717) is 24.0 Å². The zero-order valence-corrected chi connectivity index (χ0v) is 16.2. The van der Waals surface area contributed by atoms with E-state index in [9.17, 15) is 19.8 Å². The quantitative estimate of drug-likeness (QED) is 0.762. The minimum absolute atomic E-state index is 0.150. The number of hydrogen-bond donors (Lipinski definition) is 2.